The maximum atomic E-state index is 12.3. The highest BCUT2D eigenvalue weighted by atomic mass is 127. The SMILES string of the molecule is C=CCCNc1ncnc2c1c(I)cn2[C@@H]1C[C@H](CNC(=O)OC(C)(C)C)[C@H]2OC(C)(C)O[C@H]21. The van der Waals surface area contributed by atoms with Crippen LogP contribution in [0.1, 0.15) is 53.5 Å². The van der Waals surface area contributed by atoms with Crippen LogP contribution < -0.4 is 10.6 Å². The molecular formula is C24H34IN5O4. The molecule has 10 heteroatoms. The van der Waals surface area contributed by atoms with Crippen molar-refractivity contribution in [2.75, 3.05) is 18.4 Å². The molecule has 0 spiro atoms. The van der Waals surface area contributed by atoms with Crippen molar-refractivity contribution in [2.45, 2.75) is 77.1 Å². The van der Waals surface area contributed by atoms with E-state index >= 15 is 0 Å². The molecule has 2 aliphatic rings. The van der Waals surface area contributed by atoms with Gasteiger partial charge in [0.2, 0.25) is 0 Å². The van der Waals surface area contributed by atoms with E-state index < -0.39 is 17.5 Å². The number of halogens is 1. The molecule has 0 unspecified atom stereocenters. The van der Waals surface area contributed by atoms with Gasteiger partial charge >= 0.3 is 6.09 Å². The molecule has 0 bridgehead atoms. The second-order valence-electron chi connectivity index (χ2n) is 10.3. The first-order valence-corrected chi connectivity index (χ1v) is 12.8. The summed E-state index contributed by atoms with van der Waals surface area (Å²) < 4.78 is 21.3. The molecule has 1 amide bonds. The molecule has 1 saturated heterocycles. The minimum atomic E-state index is -0.694. The molecule has 34 heavy (non-hydrogen) atoms. The third kappa shape index (κ3) is 5.33. The number of fused-ring (bicyclic) bond motifs is 2. The van der Waals surface area contributed by atoms with Gasteiger partial charge in [-0.25, -0.2) is 14.8 Å². The highest BCUT2D eigenvalue weighted by Gasteiger charge is 2.54. The van der Waals surface area contributed by atoms with E-state index in [0.29, 0.717) is 6.54 Å². The summed E-state index contributed by atoms with van der Waals surface area (Å²) in [4.78, 5) is 21.4. The number of aromatic nitrogens is 3. The lowest BCUT2D eigenvalue weighted by molar-refractivity contribution is -0.160. The Bertz CT molecular complexity index is 1060. The number of anilines is 1. The van der Waals surface area contributed by atoms with Gasteiger partial charge in [-0.15, -0.1) is 6.58 Å². The fourth-order valence-corrected chi connectivity index (χ4v) is 5.57. The molecule has 4 rings (SSSR count). The Balaban J connectivity index is 1.59. The smallest absolute Gasteiger partial charge is 0.407 e. The summed E-state index contributed by atoms with van der Waals surface area (Å²) in [7, 11) is 0. The van der Waals surface area contributed by atoms with Gasteiger partial charge in [0.15, 0.2) is 5.79 Å². The Morgan fingerprint density at radius 1 is 1.35 bits per heavy atom. The molecule has 4 atom stereocenters. The maximum absolute atomic E-state index is 12.3. The van der Waals surface area contributed by atoms with Crippen molar-refractivity contribution in [3.8, 4) is 0 Å². The lowest BCUT2D eigenvalue weighted by Gasteiger charge is -2.25. The van der Waals surface area contributed by atoms with E-state index in [1.165, 1.54) is 0 Å². The first-order chi connectivity index (χ1) is 16.0. The molecule has 2 N–H and O–H groups in total. The van der Waals surface area contributed by atoms with Crippen molar-refractivity contribution in [3.05, 3.63) is 28.7 Å². The Morgan fingerprint density at radius 2 is 2.09 bits per heavy atom. The van der Waals surface area contributed by atoms with Gasteiger partial charge in [0.05, 0.1) is 17.5 Å². The van der Waals surface area contributed by atoms with Crippen LogP contribution in [0, 0.1) is 9.49 Å². The van der Waals surface area contributed by atoms with Gasteiger partial charge < -0.3 is 29.4 Å². The van der Waals surface area contributed by atoms with Crippen molar-refractivity contribution in [1.82, 2.24) is 19.9 Å². The van der Waals surface area contributed by atoms with E-state index in [1.807, 2.05) is 40.7 Å². The van der Waals surface area contributed by atoms with Gasteiger partial charge in [-0.05, 0) is 70.1 Å². The largest absolute Gasteiger partial charge is 0.444 e. The number of amides is 1. The maximum Gasteiger partial charge on any atom is 0.407 e. The van der Waals surface area contributed by atoms with Crippen LogP contribution >= 0.6 is 22.6 Å². The third-order valence-corrected chi connectivity index (χ3v) is 6.84. The fourth-order valence-electron chi connectivity index (χ4n) is 4.78. The molecule has 9 nitrogen and oxygen atoms in total. The molecular weight excluding hydrogens is 549 g/mol. The third-order valence-electron chi connectivity index (χ3n) is 6.02. The zero-order chi connectivity index (χ0) is 24.7. The van der Waals surface area contributed by atoms with Crippen LogP contribution in [0.15, 0.2) is 25.2 Å². The second-order valence-corrected chi connectivity index (χ2v) is 11.5. The number of alkyl carbamates (subject to hydrolysis) is 1. The fraction of sp³-hybridized carbons (Fsp3) is 0.625. The number of hydrogen-bond acceptors (Lipinski definition) is 7. The van der Waals surface area contributed by atoms with Crippen LogP contribution in [0.3, 0.4) is 0 Å². The molecule has 3 heterocycles. The number of nitrogens with zero attached hydrogens (tertiary/aromatic N) is 3. The van der Waals surface area contributed by atoms with E-state index in [0.717, 1.165) is 39.8 Å². The van der Waals surface area contributed by atoms with Crippen LogP contribution in [-0.2, 0) is 14.2 Å². The average Bonchev–Trinajstić information content (AvgIpc) is 3.34. The van der Waals surface area contributed by atoms with E-state index in [4.69, 9.17) is 14.2 Å². The van der Waals surface area contributed by atoms with Crippen LogP contribution in [0.25, 0.3) is 11.0 Å². The number of rotatable bonds is 7. The van der Waals surface area contributed by atoms with Crippen LogP contribution in [-0.4, -0.2) is 57.3 Å². The summed E-state index contributed by atoms with van der Waals surface area (Å²) in [6, 6.07) is 0.0131. The quantitative estimate of drug-likeness (QED) is 0.279. The standard InChI is InChI=1S/C24H34IN5O4/c1-7-8-9-26-20-17-15(25)12-30(21(17)29-13-28-20)16-10-14(11-27-22(31)34-23(2,3)4)18-19(16)33-24(5,6)32-18/h7,12-14,16,18-19H,1,8-11H2,2-6H3,(H,27,31)(H,26,28,29)/t14-,16-,18-,19+/m1/s1. The Morgan fingerprint density at radius 3 is 2.79 bits per heavy atom. The minimum absolute atomic E-state index is 0.0131. The number of hydrogen-bond donors (Lipinski definition) is 2. The number of carbonyl (C=O) groups is 1. The summed E-state index contributed by atoms with van der Waals surface area (Å²) in [5, 5.41) is 7.31. The molecule has 2 aromatic rings. The molecule has 186 valence electrons. The van der Waals surface area contributed by atoms with Crippen LogP contribution in [0.5, 0.6) is 0 Å². The summed E-state index contributed by atoms with van der Waals surface area (Å²) in [6.45, 7) is 14.4. The van der Waals surface area contributed by atoms with Gasteiger partial charge in [-0.3, -0.25) is 0 Å². The first kappa shape index (κ1) is 25.2. The van der Waals surface area contributed by atoms with Crippen molar-refractivity contribution in [2.24, 2.45) is 5.92 Å². The Kier molecular flexibility index (Phi) is 7.12. The van der Waals surface area contributed by atoms with Crippen molar-refractivity contribution < 1.29 is 19.0 Å². The molecule has 2 fully saturated rings. The molecule has 1 aliphatic heterocycles. The summed E-state index contributed by atoms with van der Waals surface area (Å²) >= 11 is 2.34. The highest BCUT2D eigenvalue weighted by Crippen LogP contribution is 2.48. The van der Waals surface area contributed by atoms with Crippen molar-refractivity contribution in [3.63, 3.8) is 0 Å². The normalized spacial score (nSPS) is 25.8. The van der Waals surface area contributed by atoms with E-state index in [1.54, 1.807) is 6.33 Å². The molecule has 0 aromatic carbocycles. The highest BCUT2D eigenvalue weighted by molar-refractivity contribution is 14.1. The predicted molar refractivity (Wildman–Crippen MR) is 139 cm³/mol. The monoisotopic (exact) mass is 583 g/mol. The second kappa shape index (κ2) is 9.62. The topological polar surface area (TPSA) is 99.5 Å². The number of nitrogens with one attached hydrogen (secondary N) is 2. The van der Waals surface area contributed by atoms with Gasteiger partial charge in [-0.2, -0.15) is 0 Å². The van der Waals surface area contributed by atoms with E-state index in [9.17, 15) is 4.79 Å². The van der Waals surface area contributed by atoms with Crippen molar-refractivity contribution >= 4 is 45.5 Å². The summed E-state index contributed by atoms with van der Waals surface area (Å²) in [5.41, 5.74) is 0.316. The number of ether oxygens (including phenoxy) is 3. The molecule has 2 aromatic heterocycles. The van der Waals surface area contributed by atoms with Gasteiger partial charge in [-0.1, -0.05) is 6.08 Å². The lowest BCUT2D eigenvalue weighted by atomic mass is 10.1. The van der Waals surface area contributed by atoms with Crippen molar-refractivity contribution in [1.29, 1.82) is 0 Å². The predicted octanol–water partition coefficient (Wildman–Crippen LogP) is 4.63. The molecule has 0 radical (unpaired) electrons. The Hall–Kier alpha value is -1.92. The van der Waals surface area contributed by atoms with E-state index in [2.05, 4.69) is 60.5 Å². The summed E-state index contributed by atoms with van der Waals surface area (Å²) in [6.07, 6.45) is 6.50. The molecule has 1 saturated carbocycles. The lowest BCUT2D eigenvalue weighted by Crippen LogP contribution is -2.38. The average molecular weight is 583 g/mol. The van der Waals surface area contributed by atoms with Gasteiger partial charge in [0.1, 0.15) is 29.5 Å². The van der Waals surface area contributed by atoms with E-state index in [-0.39, 0.29) is 24.2 Å². The zero-order valence-electron chi connectivity index (χ0n) is 20.4. The minimum Gasteiger partial charge on any atom is -0.444 e. The molecule has 1 aliphatic carbocycles. The van der Waals surface area contributed by atoms with Crippen LogP contribution in [0.2, 0.25) is 0 Å². The number of carbonyl (C=O) groups excluding carboxylic acids is 1. The van der Waals surface area contributed by atoms with Crippen LogP contribution in [0.4, 0.5) is 10.6 Å². The summed E-state index contributed by atoms with van der Waals surface area (Å²) in [5.74, 6) is 0.198. The zero-order valence-corrected chi connectivity index (χ0v) is 22.6. The Labute approximate surface area is 214 Å². The first-order valence-electron chi connectivity index (χ1n) is 11.7. The van der Waals surface area contributed by atoms with Gasteiger partial charge in [0.25, 0.3) is 0 Å². The van der Waals surface area contributed by atoms with Gasteiger partial charge in [0, 0.05) is 28.8 Å².